The normalized spacial score (nSPS) is 24.3. The topological polar surface area (TPSA) is 57.1 Å². The van der Waals surface area contributed by atoms with Crippen LogP contribution in [0.5, 0.6) is 0 Å². The Hall–Kier alpha value is -1.01. The molecule has 5 nitrogen and oxygen atoms in total. The Morgan fingerprint density at radius 3 is 2.87 bits per heavy atom. The molecule has 4 heterocycles. The third-order valence-electron chi connectivity index (χ3n) is 4.88. The summed E-state index contributed by atoms with van der Waals surface area (Å²) in [6.07, 6.45) is 5.74. The number of piperidine rings is 1. The number of nitrogens with zero attached hydrogens (tertiary/aromatic N) is 2. The van der Waals surface area contributed by atoms with Crippen LogP contribution in [0.25, 0.3) is 11.5 Å². The van der Waals surface area contributed by atoms with E-state index in [2.05, 4.69) is 26.5 Å². The molecule has 0 radical (unpaired) electrons. The van der Waals surface area contributed by atoms with Crippen LogP contribution in [0.4, 0.5) is 0 Å². The van der Waals surface area contributed by atoms with E-state index < -0.39 is 0 Å². The average molecular weight is 359 g/mol. The van der Waals surface area contributed by atoms with Crippen LogP contribution in [0.1, 0.15) is 25.0 Å². The fourth-order valence-corrected chi connectivity index (χ4v) is 3.81. The van der Waals surface area contributed by atoms with E-state index in [1.165, 1.54) is 45.4 Å². The minimum Gasteiger partial charge on any atom is -0.458 e. The third-order valence-corrected chi connectivity index (χ3v) is 4.88. The molecule has 7 heteroatoms. The van der Waals surface area contributed by atoms with E-state index in [0.29, 0.717) is 5.41 Å². The van der Waals surface area contributed by atoms with Gasteiger partial charge < -0.3 is 9.73 Å². The van der Waals surface area contributed by atoms with E-state index in [1.54, 1.807) is 6.20 Å². The second-order valence-corrected chi connectivity index (χ2v) is 6.48. The molecule has 2 aliphatic heterocycles. The summed E-state index contributed by atoms with van der Waals surface area (Å²) in [4.78, 5) is 2.55. The molecule has 1 atom stereocenters. The molecule has 4 rings (SSSR count). The fourth-order valence-electron chi connectivity index (χ4n) is 3.81. The summed E-state index contributed by atoms with van der Waals surface area (Å²) in [5.74, 6) is 1.92. The number of hydrogen-bond acceptors (Lipinski definition) is 4. The van der Waals surface area contributed by atoms with Crippen LogP contribution in [0.3, 0.4) is 0 Å². The maximum atomic E-state index is 5.95. The predicted molar refractivity (Wildman–Crippen MR) is 95.2 cm³/mol. The van der Waals surface area contributed by atoms with Crippen molar-refractivity contribution in [2.45, 2.75) is 25.8 Å². The van der Waals surface area contributed by atoms with Gasteiger partial charge in [-0.3, -0.25) is 10.00 Å². The number of rotatable bonds is 3. The third kappa shape index (κ3) is 3.91. The van der Waals surface area contributed by atoms with Gasteiger partial charge >= 0.3 is 0 Å². The zero-order valence-electron chi connectivity index (χ0n) is 13.1. The maximum absolute atomic E-state index is 5.95. The number of aromatic amines is 1. The molecular weight excluding hydrogens is 335 g/mol. The van der Waals surface area contributed by atoms with Gasteiger partial charge in [0.05, 0.1) is 6.54 Å². The Balaban J connectivity index is 0.000000960. The Morgan fingerprint density at radius 1 is 1.22 bits per heavy atom. The van der Waals surface area contributed by atoms with Crippen molar-refractivity contribution in [3.8, 4) is 11.5 Å². The highest BCUT2D eigenvalue weighted by molar-refractivity contribution is 5.85. The molecule has 0 amide bonds. The number of furan rings is 1. The highest BCUT2D eigenvalue weighted by Crippen LogP contribution is 2.36. The monoisotopic (exact) mass is 358 g/mol. The second-order valence-electron chi connectivity index (χ2n) is 6.48. The summed E-state index contributed by atoms with van der Waals surface area (Å²) >= 11 is 0. The maximum Gasteiger partial charge on any atom is 0.152 e. The zero-order valence-corrected chi connectivity index (χ0v) is 14.7. The molecular formula is C16H24Cl2N4O. The van der Waals surface area contributed by atoms with Crippen molar-refractivity contribution >= 4 is 24.8 Å². The molecule has 0 bridgehead atoms. The van der Waals surface area contributed by atoms with Crippen LogP contribution < -0.4 is 5.32 Å². The van der Waals surface area contributed by atoms with Crippen molar-refractivity contribution in [2.75, 3.05) is 26.2 Å². The quantitative estimate of drug-likeness (QED) is 0.884. The van der Waals surface area contributed by atoms with Crippen molar-refractivity contribution in [2.24, 2.45) is 5.41 Å². The van der Waals surface area contributed by atoms with Gasteiger partial charge in [0.2, 0.25) is 0 Å². The SMILES string of the molecule is Cl.Cl.c1cc(-c2ccc(CN3CCCC4(CCNC4)C3)o2)[nH]n1. The molecule has 2 aromatic heterocycles. The minimum absolute atomic E-state index is 0. The van der Waals surface area contributed by atoms with E-state index in [9.17, 15) is 0 Å². The lowest BCUT2D eigenvalue weighted by Gasteiger charge is -2.39. The van der Waals surface area contributed by atoms with Gasteiger partial charge in [0.1, 0.15) is 11.5 Å². The minimum atomic E-state index is 0. The first-order valence-electron chi connectivity index (χ1n) is 7.85. The number of nitrogens with one attached hydrogen (secondary N) is 2. The Morgan fingerprint density at radius 2 is 2.13 bits per heavy atom. The summed E-state index contributed by atoms with van der Waals surface area (Å²) in [6.45, 7) is 5.65. The van der Waals surface area contributed by atoms with Gasteiger partial charge in [-0.25, -0.2) is 0 Å². The van der Waals surface area contributed by atoms with E-state index >= 15 is 0 Å². The van der Waals surface area contributed by atoms with Crippen LogP contribution >= 0.6 is 24.8 Å². The van der Waals surface area contributed by atoms with E-state index in [4.69, 9.17) is 4.42 Å². The van der Waals surface area contributed by atoms with Gasteiger partial charge in [-0.05, 0) is 56.0 Å². The highest BCUT2D eigenvalue weighted by Gasteiger charge is 2.37. The molecule has 2 fully saturated rings. The summed E-state index contributed by atoms with van der Waals surface area (Å²) in [5, 5.41) is 10.4. The van der Waals surface area contributed by atoms with Crippen LogP contribution in [0, 0.1) is 5.41 Å². The van der Waals surface area contributed by atoms with Crippen LogP contribution in [-0.4, -0.2) is 41.3 Å². The molecule has 2 saturated heterocycles. The van der Waals surface area contributed by atoms with Crippen molar-refractivity contribution < 1.29 is 4.42 Å². The van der Waals surface area contributed by atoms with Gasteiger partial charge in [0.15, 0.2) is 5.76 Å². The number of likely N-dealkylation sites (tertiary alicyclic amines) is 1. The van der Waals surface area contributed by atoms with Gasteiger partial charge in [-0.2, -0.15) is 5.10 Å². The lowest BCUT2D eigenvalue weighted by atomic mass is 9.79. The number of hydrogen-bond donors (Lipinski definition) is 2. The molecule has 0 aromatic carbocycles. The van der Waals surface area contributed by atoms with Crippen LogP contribution in [0.2, 0.25) is 0 Å². The molecule has 1 unspecified atom stereocenters. The van der Waals surface area contributed by atoms with Crippen LogP contribution in [0.15, 0.2) is 28.8 Å². The largest absolute Gasteiger partial charge is 0.458 e. The van der Waals surface area contributed by atoms with E-state index in [-0.39, 0.29) is 24.8 Å². The smallest absolute Gasteiger partial charge is 0.152 e. The first-order valence-corrected chi connectivity index (χ1v) is 7.85. The summed E-state index contributed by atoms with van der Waals surface area (Å²) < 4.78 is 5.95. The summed E-state index contributed by atoms with van der Waals surface area (Å²) in [5.41, 5.74) is 1.45. The standard InChI is InChI=1S/C16H22N4O.2ClH/c1-5-16(6-8-17-11-16)12-20(9-1)10-13-2-3-15(21-13)14-4-7-18-19-14;;/h2-4,7,17H,1,5-6,8-12H2,(H,18,19);2*1H. The number of aromatic nitrogens is 2. The molecule has 2 aromatic rings. The predicted octanol–water partition coefficient (Wildman–Crippen LogP) is 3.09. The first kappa shape index (κ1) is 18.3. The molecule has 2 N–H and O–H groups in total. The van der Waals surface area contributed by atoms with E-state index in [0.717, 1.165) is 23.8 Å². The van der Waals surface area contributed by atoms with E-state index in [1.807, 2.05) is 12.1 Å². The highest BCUT2D eigenvalue weighted by atomic mass is 35.5. The Kier molecular flexibility index (Phi) is 6.14. The Labute approximate surface area is 149 Å². The molecule has 0 aliphatic carbocycles. The van der Waals surface area contributed by atoms with Crippen molar-refractivity contribution in [1.82, 2.24) is 20.4 Å². The lowest BCUT2D eigenvalue weighted by molar-refractivity contribution is 0.0922. The average Bonchev–Trinajstić information content (AvgIpc) is 3.20. The van der Waals surface area contributed by atoms with Gasteiger partial charge in [-0.1, -0.05) is 0 Å². The summed E-state index contributed by atoms with van der Waals surface area (Å²) in [7, 11) is 0. The number of halogens is 2. The molecule has 2 aliphatic rings. The van der Waals surface area contributed by atoms with Crippen molar-refractivity contribution in [1.29, 1.82) is 0 Å². The lowest BCUT2D eigenvalue weighted by Crippen LogP contribution is -2.43. The van der Waals surface area contributed by atoms with Crippen molar-refractivity contribution in [3.63, 3.8) is 0 Å². The fraction of sp³-hybridized carbons (Fsp3) is 0.562. The molecule has 128 valence electrons. The van der Waals surface area contributed by atoms with Gasteiger partial charge in [-0.15, -0.1) is 24.8 Å². The molecule has 0 saturated carbocycles. The van der Waals surface area contributed by atoms with Gasteiger partial charge in [0.25, 0.3) is 0 Å². The number of H-pyrrole nitrogens is 1. The molecule has 23 heavy (non-hydrogen) atoms. The van der Waals surface area contributed by atoms with Gasteiger partial charge in [0, 0.05) is 19.3 Å². The van der Waals surface area contributed by atoms with Crippen LogP contribution in [-0.2, 0) is 6.54 Å². The zero-order chi connectivity index (χ0) is 14.1. The first-order chi connectivity index (χ1) is 10.3. The Bertz CT molecular complexity index is 593. The summed E-state index contributed by atoms with van der Waals surface area (Å²) in [6, 6.07) is 6.05. The second kappa shape index (κ2) is 7.71. The van der Waals surface area contributed by atoms with Crippen molar-refractivity contribution in [3.05, 3.63) is 30.2 Å². The molecule has 1 spiro atoms.